The minimum atomic E-state index is -0.735. The van der Waals surface area contributed by atoms with Crippen molar-refractivity contribution in [2.75, 3.05) is 0 Å². The van der Waals surface area contributed by atoms with E-state index >= 15 is 0 Å². The number of fused-ring (bicyclic) bond motifs is 5. The zero-order chi connectivity index (χ0) is 19.4. The van der Waals surface area contributed by atoms with Crippen LogP contribution in [-0.4, -0.2) is 16.9 Å². The number of carboxylic acids is 1. The molecule has 4 saturated carbocycles. The Morgan fingerprint density at radius 3 is 2.59 bits per heavy atom. The Hall–Kier alpha value is -0.860. The highest BCUT2D eigenvalue weighted by Gasteiger charge is 2.62. The van der Waals surface area contributed by atoms with Gasteiger partial charge >= 0.3 is 5.97 Å². The first kappa shape index (κ1) is 19.5. The minimum absolute atomic E-state index is 0.0830. The Morgan fingerprint density at radius 2 is 1.85 bits per heavy atom. The summed E-state index contributed by atoms with van der Waals surface area (Å²) < 4.78 is 0. The van der Waals surface area contributed by atoms with Gasteiger partial charge in [-0.15, -0.1) is 0 Å². The summed E-state index contributed by atoms with van der Waals surface area (Å²) in [5.41, 5.74) is 0.618. The topological polar surface area (TPSA) is 54.4 Å². The normalized spacial score (nSPS) is 47.7. The summed E-state index contributed by atoms with van der Waals surface area (Å²) in [5, 5.41) is 9.08. The third kappa shape index (κ3) is 2.99. The summed E-state index contributed by atoms with van der Waals surface area (Å²) in [6.45, 7) is 7.10. The van der Waals surface area contributed by atoms with E-state index in [1.807, 2.05) is 0 Å². The van der Waals surface area contributed by atoms with Crippen LogP contribution >= 0.6 is 0 Å². The molecule has 4 rings (SSSR count). The SMILES string of the molecule is C[C@H](CCC(=O)O)[C@H]1C(=O)C[C@H]2[C@@H]3CC[C@@H]4CCCC[C@]4(C)[C@H]3CC[C@]12C. The molecule has 0 unspecified atom stereocenters. The first-order valence-electron chi connectivity index (χ1n) is 11.5. The van der Waals surface area contributed by atoms with E-state index in [9.17, 15) is 9.59 Å². The summed E-state index contributed by atoms with van der Waals surface area (Å²) in [4.78, 5) is 24.2. The van der Waals surface area contributed by atoms with Crippen molar-refractivity contribution in [3.63, 3.8) is 0 Å². The van der Waals surface area contributed by atoms with Gasteiger partial charge in [0.15, 0.2) is 0 Å². The van der Waals surface area contributed by atoms with E-state index in [0.29, 0.717) is 23.5 Å². The molecule has 0 heterocycles. The third-order valence-corrected chi connectivity index (χ3v) is 9.88. The van der Waals surface area contributed by atoms with Crippen LogP contribution < -0.4 is 0 Å². The molecule has 8 atom stereocenters. The monoisotopic (exact) mass is 374 g/mol. The van der Waals surface area contributed by atoms with Gasteiger partial charge in [0.05, 0.1) is 0 Å². The Labute approximate surface area is 164 Å². The Morgan fingerprint density at radius 1 is 1.07 bits per heavy atom. The van der Waals surface area contributed by atoms with Gasteiger partial charge in [0.25, 0.3) is 0 Å². The smallest absolute Gasteiger partial charge is 0.303 e. The van der Waals surface area contributed by atoms with E-state index in [1.165, 1.54) is 51.4 Å². The molecule has 0 radical (unpaired) electrons. The zero-order valence-corrected chi connectivity index (χ0v) is 17.5. The molecular formula is C24H38O3. The van der Waals surface area contributed by atoms with E-state index < -0.39 is 5.97 Å². The third-order valence-electron chi connectivity index (χ3n) is 9.88. The molecule has 1 N–H and O–H groups in total. The van der Waals surface area contributed by atoms with Crippen LogP contribution in [0.5, 0.6) is 0 Å². The number of Topliss-reactive ketones (excluding diaryl/α,β-unsaturated/α-hetero) is 1. The lowest BCUT2D eigenvalue weighted by atomic mass is 9.44. The molecule has 3 nitrogen and oxygen atoms in total. The summed E-state index contributed by atoms with van der Waals surface area (Å²) in [6.07, 6.45) is 12.4. The lowest BCUT2D eigenvalue weighted by molar-refractivity contribution is -0.138. The second-order valence-corrected chi connectivity index (χ2v) is 11.0. The highest BCUT2D eigenvalue weighted by Crippen LogP contribution is 2.67. The van der Waals surface area contributed by atoms with Crippen LogP contribution in [0.3, 0.4) is 0 Å². The number of hydrogen-bond acceptors (Lipinski definition) is 2. The molecule has 3 heteroatoms. The average molecular weight is 375 g/mol. The molecule has 0 aliphatic heterocycles. The summed E-state index contributed by atoms with van der Waals surface area (Å²) in [5.74, 6) is 2.99. The Kier molecular flexibility index (Phi) is 4.96. The van der Waals surface area contributed by atoms with Gasteiger partial charge in [0.2, 0.25) is 0 Å². The molecule has 0 aromatic carbocycles. The summed E-state index contributed by atoms with van der Waals surface area (Å²) >= 11 is 0. The first-order valence-corrected chi connectivity index (χ1v) is 11.5. The number of ketones is 1. The van der Waals surface area contributed by atoms with Crippen molar-refractivity contribution in [2.24, 2.45) is 46.3 Å². The van der Waals surface area contributed by atoms with Crippen molar-refractivity contribution >= 4 is 11.8 Å². The molecule has 0 spiro atoms. The van der Waals surface area contributed by atoms with Gasteiger partial charge in [-0.25, -0.2) is 0 Å². The molecule has 4 aliphatic rings. The first-order chi connectivity index (χ1) is 12.8. The van der Waals surface area contributed by atoms with Crippen molar-refractivity contribution in [3.8, 4) is 0 Å². The minimum Gasteiger partial charge on any atom is -0.481 e. The van der Waals surface area contributed by atoms with E-state index in [1.54, 1.807) is 0 Å². The predicted molar refractivity (Wildman–Crippen MR) is 106 cm³/mol. The lowest BCUT2D eigenvalue weighted by Crippen LogP contribution is -2.53. The van der Waals surface area contributed by atoms with E-state index in [-0.39, 0.29) is 23.7 Å². The quantitative estimate of drug-likeness (QED) is 0.685. The molecule has 0 aromatic heterocycles. The maximum atomic E-state index is 13.1. The highest BCUT2D eigenvalue weighted by molar-refractivity contribution is 5.85. The number of rotatable bonds is 4. The average Bonchev–Trinajstić information content (AvgIpc) is 2.89. The summed E-state index contributed by atoms with van der Waals surface area (Å²) in [6, 6.07) is 0. The fourth-order valence-corrected chi connectivity index (χ4v) is 8.61. The lowest BCUT2D eigenvalue weighted by Gasteiger charge is -2.60. The molecule has 0 bridgehead atoms. The van der Waals surface area contributed by atoms with Gasteiger partial charge in [-0.3, -0.25) is 9.59 Å². The number of aliphatic carboxylic acids is 1. The van der Waals surface area contributed by atoms with Crippen molar-refractivity contribution in [2.45, 2.75) is 91.4 Å². The van der Waals surface area contributed by atoms with Crippen LogP contribution in [0.1, 0.15) is 91.4 Å². The van der Waals surface area contributed by atoms with Crippen LogP contribution in [-0.2, 0) is 9.59 Å². The van der Waals surface area contributed by atoms with Gasteiger partial charge in [0, 0.05) is 18.8 Å². The van der Waals surface area contributed by atoms with Crippen molar-refractivity contribution in [1.82, 2.24) is 0 Å². The van der Waals surface area contributed by atoms with Gasteiger partial charge in [0.1, 0.15) is 5.78 Å². The standard InChI is InChI=1S/C24H38O3/c1-15(7-10-21(26)27)22-20(25)14-19-17-9-8-16-6-4-5-12-23(16,2)18(17)11-13-24(19,22)3/h15-19,22H,4-14H2,1-3H3,(H,26,27)/t15-,16+,17-,18+,19+,22+,23+,24+/m1/s1. The second-order valence-electron chi connectivity index (χ2n) is 11.0. The van der Waals surface area contributed by atoms with Crippen molar-refractivity contribution in [1.29, 1.82) is 0 Å². The molecule has 4 aliphatic carbocycles. The predicted octanol–water partition coefficient (Wildman–Crippen LogP) is 5.72. The second kappa shape index (κ2) is 6.88. The number of carbonyl (C=O) groups excluding carboxylic acids is 1. The molecule has 0 amide bonds. The number of hydrogen-bond donors (Lipinski definition) is 1. The van der Waals surface area contributed by atoms with E-state index in [4.69, 9.17) is 5.11 Å². The van der Waals surface area contributed by atoms with Gasteiger partial charge in [-0.1, -0.05) is 33.6 Å². The van der Waals surface area contributed by atoms with E-state index in [0.717, 1.165) is 24.2 Å². The molecule has 0 aromatic rings. The Bertz CT molecular complexity index is 613. The van der Waals surface area contributed by atoms with Crippen LogP contribution in [0.4, 0.5) is 0 Å². The fourth-order valence-electron chi connectivity index (χ4n) is 8.61. The molecule has 0 saturated heterocycles. The summed E-state index contributed by atoms with van der Waals surface area (Å²) in [7, 11) is 0. The van der Waals surface area contributed by atoms with Crippen molar-refractivity contribution < 1.29 is 14.7 Å². The van der Waals surface area contributed by atoms with Gasteiger partial charge < -0.3 is 5.11 Å². The highest BCUT2D eigenvalue weighted by atomic mass is 16.4. The molecular weight excluding hydrogens is 336 g/mol. The molecule has 152 valence electrons. The fraction of sp³-hybridized carbons (Fsp3) is 0.917. The maximum absolute atomic E-state index is 13.1. The number of carboxylic acid groups (broad SMARTS) is 1. The molecule has 27 heavy (non-hydrogen) atoms. The van der Waals surface area contributed by atoms with E-state index in [2.05, 4.69) is 20.8 Å². The van der Waals surface area contributed by atoms with Crippen LogP contribution in [0, 0.1) is 46.3 Å². The van der Waals surface area contributed by atoms with Crippen LogP contribution in [0.2, 0.25) is 0 Å². The Balaban J connectivity index is 1.57. The largest absolute Gasteiger partial charge is 0.481 e. The van der Waals surface area contributed by atoms with Crippen LogP contribution in [0.25, 0.3) is 0 Å². The molecule has 4 fully saturated rings. The maximum Gasteiger partial charge on any atom is 0.303 e. The van der Waals surface area contributed by atoms with Crippen molar-refractivity contribution in [3.05, 3.63) is 0 Å². The van der Waals surface area contributed by atoms with Crippen LogP contribution in [0.15, 0.2) is 0 Å². The van der Waals surface area contributed by atoms with Gasteiger partial charge in [-0.05, 0) is 85.4 Å². The zero-order valence-electron chi connectivity index (χ0n) is 17.5. The number of carbonyl (C=O) groups is 2. The van der Waals surface area contributed by atoms with Gasteiger partial charge in [-0.2, -0.15) is 0 Å².